The van der Waals surface area contributed by atoms with Crippen LogP contribution in [0.15, 0.2) is 102 Å². The number of aromatic nitrogens is 1. The number of amides is 1. The summed E-state index contributed by atoms with van der Waals surface area (Å²) in [6.07, 6.45) is -0.656. The van der Waals surface area contributed by atoms with Crippen LogP contribution in [0.2, 0.25) is 0 Å². The van der Waals surface area contributed by atoms with Crippen molar-refractivity contribution in [2.75, 3.05) is 47.5 Å². The van der Waals surface area contributed by atoms with Crippen LogP contribution in [-0.2, 0) is 9.47 Å². The molecule has 0 bridgehead atoms. The van der Waals surface area contributed by atoms with E-state index in [2.05, 4.69) is 17.4 Å². The van der Waals surface area contributed by atoms with E-state index in [9.17, 15) is 19.5 Å². The second-order valence-electron chi connectivity index (χ2n) is 12.3. The molecule has 5 aromatic carbocycles. The number of ether oxygens (including phenoxy) is 6. The standard InChI is InChI=1S/C42H36N2O10/c1-49-34-21-30-31(20-33(34)45)40(46)44(38(41(47)53-5)37(30)23-18-35(50-2)39(52-4)36(19-23)51-3)25-16-14-24(15-17-25)43-42(48)54-22-32-28-12-8-6-10-26(28)27-11-7-9-13-29(27)32/h6-21,32,45H,22H2,1-5H3,(H,43,48). The average Bonchev–Trinajstić information content (AvgIpc) is 3.52. The Bertz CT molecular complexity index is 2420. The molecule has 0 radical (unpaired) electrons. The van der Waals surface area contributed by atoms with Crippen molar-refractivity contribution in [3.05, 3.63) is 124 Å². The van der Waals surface area contributed by atoms with Crippen LogP contribution in [0.25, 0.3) is 38.7 Å². The van der Waals surface area contributed by atoms with Gasteiger partial charge in [0.25, 0.3) is 5.56 Å². The van der Waals surface area contributed by atoms with Gasteiger partial charge in [0, 0.05) is 28.2 Å². The third kappa shape index (κ3) is 6.07. The van der Waals surface area contributed by atoms with Crippen LogP contribution in [0.1, 0.15) is 27.5 Å². The quantitative estimate of drug-likeness (QED) is 0.136. The monoisotopic (exact) mass is 728 g/mol. The lowest BCUT2D eigenvalue weighted by atomic mass is 9.95. The second-order valence-corrected chi connectivity index (χ2v) is 12.3. The van der Waals surface area contributed by atoms with E-state index < -0.39 is 17.6 Å². The Morgan fingerprint density at radius 3 is 1.87 bits per heavy atom. The third-order valence-corrected chi connectivity index (χ3v) is 9.53. The number of phenols is 1. The number of aromatic hydroxyl groups is 1. The minimum absolute atomic E-state index is 0.0746. The zero-order valence-corrected chi connectivity index (χ0v) is 30.1. The van der Waals surface area contributed by atoms with Crippen LogP contribution in [0, 0.1) is 0 Å². The molecular weight excluding hydrogens is 692 g/mol. The van der Waals surface area contributed by atoms with Crippen molar-refractivity contribution in [3.63, 3.8) is 0 Å². The van der Waals surface area contributed by atoms with Gasteiger partial charge in [0.15, 0.2) is 23.0 Å². The summed E-state index contributed by atoms with van der Waals surface area (Å²) in [6, 6.07) is 28.5. The van der Waals surface area contributed by atoms with Gasteiger partial charge in [-0.05, 0) is 76.3 Å². The smallest absolute Gasteiger partial charge is 0.411 e. The minimum atomic E-state index is -0.828. The highest BCUT2D eigenvalue weighted by molar-refractivity contribution is 6.08. The first-order valence-electron chi connectivity index (χ1n) is 16.8. The van der Waals surface area contributed by atoms with Gasteiger partial charge in [0.2, 0.25) is 5.75 Å². The number of methoxy groups -OCH3 is 5. The highest BCUT2D eigenvalue weighted by atomic mass is 16.6. The first kappa shape index (κ1) is 35.5. The molecule has 274 valence electrons. The molecule has 1 aliphatic rings. The largest absolute Gasteiger partial charge is 0.504 e. The fourth-order valence-corrected chi connectivity index (χ4v) is 7.08. The molecular formula is C42H36N2O10. The molecule has 0 spiro atoms. The minimum Gasteiger partial charge on any atom is -0.504 e. The van der Waals surface area contributed by atoms with Gasteiger partial charge in [-0.15, -0.1) is 0 Å². The maximum Gasteiger partial charge on any atom is 0.411 e. The zero-order chi connectivity index (χ0) is 38.1. The van der Waals surface area contributed by atoms with E-state index in [-0.39, 0.29) is 51.7 Å². The number of nitrogens with zero attached hydrogens (tertiary/aromatic N) is 1. The lowest BCUT2D eigenvalue weighted by molar-refractivity contribution is 0.0591. The predicted molar refractivity (Wildman–Crippen MR) is 203 cm³/mol. The normalized spacial score (nSPS) is 11.7. The van der Waals surface area contributed by atoms with Crippen molar-refractivity contribution in [2.45, 2.75) is 5.92 Å². The molecule has 0 atom stereocenters. The SMILES string of the molecule is COC(=O)c1c(-c2cc(OC)c(OC)c(OC)c2)c2cc(OC)c(O)cc2c(=O)n1-c1ccc(NC(=O)OCC2c3ccccc3-c3ccccc32)cc1. The highest BCUT2D eigenvalue weighted by Crippen LogP contribution is 2.46. The molecule has 6 aromatic rings. The number of carbonyl (C=O) groups excluding carboxylic acids is 2. The molecule has 12 nitrogen and oxygen atoms in total. The zero-order valence-electron chi connectivity index (χ0n) is 30.1. The number of pyridine rings is 1. The molecule has 7 rings (SSSR count). The van der Waals surface area contributed by atoms with Gasteiger partial charge in [0.1, 0.15) is 12.3 Å². The summed E-state index contributed by atoms with van der Waals surface area (Å²) in [5.74, 6) is -0.237. The van der Waals surface area contributed by atoms with Crippen LogP contribution >= 0.6 is 0 Å². The lowest BCUT2D eigenvalue weighted by Crippen LogP contribution is -2.27. The van der Waals surface area contributed by atoms with Crippen LogP contribution in [0.4, 0.5) is 10.5 Å². The van der Waals surface area contributed by atoms with Crippen LogP contribution in [-0.4, -0.2) is 63.9 Å². The van der Waals surface area contributed by atoms with E-state index in [1.54, 1.807) is 36.4 Å². The number of phenolic OH excluding ortho intramolecular Hbond substituents is 1. The molecule has 12 heteroatoms. The summed E-state index contributed by atoms with van der Waals surface area (Å²) >= 11 is 0. The Hall–Kier alpha value is -6.95. The van der Waals surface area contributed by atoms with Gasteiger partial charge in [0.05, 0.1) is 40.9 Å². The molecule has 1 heterocycles. The summed E-state index contributed by atoms with van der Waals surface area (Å²) in [5, 5.41) is 13.9. The Morgan fingerprint density at radius 2 is 1.31 bits per heavy atom. The van der Waals surface area contributed by atoms with Gasteiger partial charge in [-0.2, -0.15) is 0 Å². The average molecular weight is 729 g/mol. The van der Waals surface area contributed by atoms with Crippen molar-refractivity contribution in [1.29, 1.82) is 0 Å². The number of rotatable bonds is 10. The molecule has 0 unspecified atom stereocenters. The summed E-state index contributed by atoms with van der Waals surface area (Å²) in [4.78, 5) is 41.2. The van der Waals surface area contributed by atoms with E-state index >= 15 is 0 Å². The maximum atomic E-state index is 14.3. The number of anilines is 1. The maximum absolute atomic E-state index is 14.3. The molecule has 0 saturated carbocycles. The summed E-state index contributed by atoms with van der Waals surface area (Å²) in [6.45, 7) is 0.133. The van der Waals surface area contributed by atoms with Crippen molar-refractivity contribution < 1.29 is 43.1 Å². The first-order chi connectivity index (χ1) is 26.2. The van der Waals surface area contributed by atoms with Gasteiger partial charge < -0.3 is 33.5 Å². The molecule has 1 aromatic heterocycles. The third-order valence-electron chi connectivity index (χ3n) is 9.53. The topological polar surface area (TPSA) is 144 Å². The molecule has 0 saturated heterocycles. The molecule has 0 fully saturated rings. The number of carbonyl (C=O) groups is 2. The number of fused-ring (bicyclic) bond motifs is 4. The lowest BCUT2D eigenvalue weighted by Gasteiger charge is -2.21. The van der Waals surface area contributed by atoms with Gasteiger partial charge in [-0.1, -0.05) is 48.5 Å². The molecule has 1 aliphatic carbocycles. The van der Waals surface area contributed by atoms with Crippen LogP contribution < -0.4 is 29.8 Å². The number of benzene rings is 5. The Morgan fingerprint density at radius 1 is 0.722 bits per heavy atom. The fraction of sp³-hybridized carbons (Fsp3) is 0.167. The number of esters is 1. The molecule has 2 N–H and O–H groups in total. The van der Waals surface area contributed by atoms with Crippen molar-refractivity contribution in [2.24, 2.45) is 0 Å². The van der Waals surface area contributed by atoms with Crippen LogP contribution in [0.5, 0.6) is 28.7 Å². The van der Waals surface area contributed by atoms with Crippen molar-refractivity contribution >= 4 is 28.5 Å². The van der Waals surface area contributed by atoms with Gasteiger partial charge >= 0.3 is 12.1 Å². The van der Waals surface area contributed by atoms with Crippen LogP contribution in [0.3, 0.4) is 0 Å². The number of nitrogens with one attached hydrogen (secondary N) is 1. The molecule has 0 aliphatic heterocycles. The Labute approximate surface area is 310 Å². The van der Waals surface area contributed by atoms with Crippen molar-refractivity contribution in [1.82, 2.24) is 4.57 Å². The summed E-state index contributed by atoms with van der Waals surface area (Å²) in [5.41, 5.74) is 4.99. The molecule has 54 heavy (non-hydrogen) atoms. The van der Waals surface area contributed by atoms with Crippen molar-refractivity contribution in [3.8, 4) is 56.7 Å². The number of hydrogen-bond donors (Lipinski definition) is 2. The van der Waals surface area contributed by atoms with E-state index in [1.165, 1.54) is 52.2 Å². The van der Waals surface area contributed by atoms with Gasteiger partial charge in [-0.3, -0.25) is 14.7 Å². The van der Waals surface area contributed by atoms with Gasteiger partial charge in [-0.25, -0.2) is 9.59 Å². The van der Waals surface area contributed by atoms with E-state index in [1.807, 2.05) is 36.4 Å². The number of hydrogen-bond acceptors (Lipinski definition) is 10. The van der Waals surface area contributed by atoms with E-state index in [0.717, 1.165) is 22.3 Å². The summed E-state index contributed by atoms with van der Waals surface area (Å²) in [7, 11) is 6.97. The first-order valence-corrected chi connectivity index (χ1v) is 16.8. The van der Waals surface area contributed by atoms with E-state index in [4.69, 9.17) is 28.4 Å². The Balaban J connectivity index is 1.28. The predicted octanol–water partition coefficient (Wildman–Crippen LogP) is 7.55. The summed E-state index contributed by atoms with van der Waals surface area (Å²) < 4.78 is 34.3. The highest BCUT2D eigenvalue weighted by Gasteiger charge is 2.30. The van der Waals surface area contributed by atoms with E-state index in [0.29, 0.717) is 28.5 Å². The molecule has 1 amide bonds. The Kier molecular flexibility index (Phi) is 9.58. The fourth-order valence-electron chi connectivity index (χ4n) is 7.08. The second kappa shape index (κ2) is 14.6.